The highest BCUT2D eigenvalue weighted by Gasteiger charge is 2.43. The minimum Gasteiger partial charge on any atom is -0.493 e. The third-order valence-corrected chi connectivity index (χ3v) is 7.68. The molecule has 0 unspecified atom stereocenters. The van der Waals surface area contributed by atoms with Crippen molar-refractivity contribution >= 4 is 34.4 Å². The maximum Gasteiger partial charge on any atom is 0.491 e. The first-order chi connectivity index (χ1) is 23.0. The van der Waals surface area contributed by atoms with E-state index in [0.29, 0.717) is 13.1 Å². The Morgan fingerprint density at radius 1 is 0.833 bits per heavy atom. The van der Waals surface area contributed by atoms with Gasteiger partial charge in [-0.15, -0.1) is 0 Å². The van der Waals surface area contributed by atoms with Crippen LogP contribution in [0.1, 0.15) is 32.0 Å². The summed E-state index contributed by atoms with van der Waals surface area (Å²) in [6.07, 6.45) is -4.57. The SMILES string of the molecule is COc1cc2c(C(=O)OC(=O)C(F)(F)F)cnc(C(=O)c3cccc(OCC(=O)N4CCN(Cc5ccccc5)CC4)c3)c2cc1OC. The first kappa shape index (κ1) is 33.9. The van der Waals surface area contributed by atoms with E-state index in [-0.39, 0.29) is 51.8 Å². The summed E-state index contributed by atoms with van der Waals surface area (Å²) in [7, 11) is 2.62. The smallest absolute Gasteiger partial charge is 0.491 e. The molecular formula is C34H30F3N3O8. The number of rotatable bonds is 10. The lowest BCUT2D eigenvalue weighted by Gasteiger charge is -2.34. The van der Waals surface area contributed by atoms with Crippen molar-refractivity contribution in [2.24, 2.45) is 0 Å². The third kappa shape index (κ3) is 7.72. The first-order valence-electron chi connectivity index (χ1n) is 14.7. The molecule has 1 saturated heterocycles. The van der Waals surface area contributed by atoms with E-state index >= 15 is 0 Å². The first-order valence-corrected chi connectivity index (χ1v) is 14.7. The third-order valence-electron chi connectivity index (χ3n) is 7.68. The number of hydrogen-bond acceptors (Lipinski definition) is 10. The Labute approximate surface area is 272 Å². The lowest BCUT2D eigenvalue weighted by Crippen LogP contribution is -2.49. The summed E-state index contributed by atoms with van der Waals surface area (Å²) in [5.41, 5.74) is 0.608. The number of aromatic nitrogens is 1. The second-order valence-electron chi connectivity index (χ2n) is 10.7. The minimum atomic E-state index is -5.41. The van der Waals surface area contributed by atoms with E-state index in [4.69, 9.17) is 14.2 Å². The number of ether oxygens (including phenoxy) is 4. The number of fused-ring (bicyclic) bond motifs is 1. The number of methoxy groups -OCH3 is 2. The monoisotopic (exact) mass is 665 g/mol. The standard InChI is InChI=1S/C34H30F3N3O8/c1-45-27-16-24-25(17-28(27)46-2)30(38-18-26(24)32(43)48-33(44)34(35,36)37)31(42)22-9-6-10-23(15-22)47-20-29(41)40-13-11-39(12-14-40)19-21-7-4-3-5-8-21/h3-10,15-18H,11-14,19-20H2,1-2H3. The van der Waals surface area contributed by atoms with Crippen LogP contribution in [-0.2, 0) is 20.9 Å². The van der Waals surface area contributed by atoms with Gasteiger partial charge in [0.15, 0.2) is 18.1 Å². The van der Waals surface area contributed by atoms with Crippen LogP contribution in [0.15, 0.2) is 72.9 Å². The predicted octanol–water partition coefficient (Wildman–Crippen LogP) is 4.45. The van der Waals surface area contributed by atoms with Crippen LogP contribution in [0.4, 0.5) is 13.2 Å². The molecule has 1 aliphatic rings. The highest BCUT2D eigenvalue weighted by atomic mass is 19.4. The molecule has 0 saturated carbocycles. The number of carbonyl (C=O) groups is 4. The summed E-state index contributed by atoms with van der Waals surface area (Å²) >= 11 is 0. The van der Waals surface area contributed by atoms with Crippen molar-refractivity contribution in [1.29, 1.82) is 0 Å². The lowest BCUT2D eigenvalue weighted by atomic mass is 9.99. The van der Waals surface area contributed by atoms with Gasteiger partial charge >= 0.3 is 18.1 Å². The van der Waals surface area contributed by atoms with Gasteiger partial charge in [0, 0.05) is 55.3 Å². The van der Waals surface area contributed by atoms with Crippen LogP contribution in [-0.4, -0.2) is 91.6 Å². The van der Waals surface area contributed by atoms with Crippen molar-refractivity contribution in [3.05, 3.63) is 95.3 Å². The second-order valence-corrected chi connectivity index (χ2v) is 10.7. The van der Waals surface area contributed by atoms with Gasteiger partial charge in [-0.3, -0.25) is 19.5 Å². The fraction of sp³-hybridized carbons (Fsp3) is 0.265. The molecule has 1 fully saturated rings. The summed E-state index contributed by atoms with van der Waals surface area (Å²) in [6.45, 7) is 3.09. The van der Waals surface area contributed by atoms with E-state index < -0.39 is 29.5 Å². The minimum absolute atomic E-state index is 0.0134. The maximum absolute atomic E-state index is 13.7. The fourth-order valence-electron chi connectivity index (χ4n) is 5.20. The molecular weight excluding hydrogens is 635 g/mol. The molecule has 14 heteroatoms. The van der Waals surface area contributed by atoms with Crippen LogP contribution in [0.5, 0.6) is 17.2 Å². The molecule has 0 atom stereocenters. The van der Waals surface area contributed by atoms with E-state index in [9.17, 15) is 32.3 Å². The van der Waals surface area contributed by atoms with E-state index in [2.05, 4.69) is 26.8 Å². The number of ketones is 1. The Hall–Kier alpha value is -5.50. The van der Waals surface area contributed by atoms with Crippen molar-refractivity contribution < 1.29 is 51.3 Å². The maximum atomic E-state index is 13.7. The number of halogens is 3. The van der Waals surface area contributed by atoms with Crippen molar-refractivity contribution in [3.63, 3.8) is 0 Å². The number of pyridine rings is 1. The number of hydrogen-bond donors (Lipinski definition) is 0. The largest absolute Gasteiger partial charge is 0.493 e. The zero-order valence-corrected chi connectivity index (χ0v) is 25.9. The fourth-order valence-corrected chi connectivity index (χ4v) is 5.20. The Bertz CT molecular complexity index is 1840. The predicted molar refractivity (Wildman–Crippen MR) is 165 cm³/mol. The highest BCUT2D eigenvalue weighted by molar-refractivity contribution is 6.18. The molecule has 0 radical (unpaired) electrons. The quantitative estimate of drug-likeness (QED) is 0.136. The Morgan fingerprint density at radius 2 is 1.50 bits per heavy atom. The number of piperazine rings is 1. The van der Waals surface area contributed by atoms with Crippen molar-refractivity contribution in [3.8, 4) is 17.2 Å². The number of benzene rings is 3. The average molecular weight is 666 g/mol. The van der Waals surface area contributed by atoms with Crippen molar-refractivity contribution in [2.75, 3.05) is 47.0 Å². The van der Waals surface area contributed by atoms with Gasteiger partial charge in [0.2, 0.25) is 5.78 Å². The molecule has 48 heavy (non-hydrogen) atoms. The van der Waals surface area contributed by atoms with Crippen molar-refractivity contribution in [1.82, 2.24) is 14.8 Å². The van der Waals surface area contributed by atoms with Crippen LogP contribution >= 0.6 is 0 Å². The van der Waals surface area contributed by atoms with Gasteiger partial charge in [-0.25, -0.2) is 9.59 Å². The zero-order valence-electron chi connectivity index (χ0n) is 25.9. The van der Waals surface area contributed by atoms with Gasteiger partial charge in [-0.1, -0.05) is 42.5 Å². The Kier molecular flexibility index (Phi) is 10.2. The Morgan fingerprint density at radius 3 is 2.15 bits per heavy atom. The molecule has 4 aromatic rings. The molecule has 11 nitrogen and oxygen atoms in total. The number of nitrogens with zero attached hydrogens (tertiary/aromatic N) is 3. The second kappa shape index (κ2) is 14.5. The summed E-state index contributed by atoms with van der Waals surface area (Å²) in [5.74, 6) is -4.71. The molecule has 0 N–H and O–H groups in total. The molecule has 1 amide bonds. The van der Waals surface area contributed by atoms with Crippen LogP contribution in [0, 0.1) is 0 Å². The number of carbonyl (C=O) groups excluding carboxylic acids is 4. The molecule has 1 aliphatic heterocycles. The van der Waals surface area contributed by atoms with Gasteiger partial charge in [0.25, 0.3) is 5.91 Å². The molecule has 0 aliphatic carbocycles. The van der Waals surface area contributed by atoms with Gasteiger partial charge in [0.05, 0.1) is 19.8 Å². The molecule has 1 aromatic heterocycles. The van der Waals surface area contributed by atoms with Gasteiger partial charge in [-0.05, 0) is 29.8 Å². The van der Waals surface area contributed by atoms with E-state index in [1.54, 1.807) is 17.0 Å². The summed E-state index contributed by atoms with van der Waals surface area (Å²) in [5, 5.41) is -0.0627. The molecule has 3 aromatic carbocycles. The summed E-state index contributed by atoms with van der Waals surface area (Å²) in [6, 6.07) is 18.7. The van der Waals surface area contributed by atoms with Crippen LogP contribution in [0.2, 0.25) is 0 Å². The topological polar surface area (TPSA) is 125 Å². The van der Waals surface area contributed by atoms with Gasteiger partial charge < -0.3 is 23.8 Å². The van der Waals surface area contributed by atoms with E-state index in [1.807, 2.05) is 18.2 Å². The molecule has 0 spiro atoms. The van der Waals surface area contributed by atoms with Crippen molar-refractivity contribution in [2.45, 2.75) is 12.7 Å². The normalized spacial score (nSPS) is 13.6. The van der Waals surface area contributed by atoms with E-state index in [0.717, 1.165) is 25.8 Å². The van der Waals surface area contributed by atoms with Crippen LogP contribution in [0.25, 0.3) is 10.8 Å². The van der Waals surface area contributed by atoms with Gasteiger partial charge in [-0.2, -0.15) is 13.2 Å². The van der Waals surface area contributed by atoms with Gasteiger partial charge in [0.1, 0.15) is 11.4 Å². The van der Waals surface area contributed by atoms with E-state index in [1.165, 1.54) is 44.0 Å². The zero-order chi connectivity index (χ0) is 34.4. The average Bonchev–Trinajstić information content (AvgIpc) is 3.09. The summed E-state index contributed by atoms with van der Waals surface area (Å²) in [4.78, 5) is 58.6. The number of alkyl halides is 3. The van der Waals surface area contributed by atoms with Crippen LogP contribution < -0.4 is 14.2 Å². The molecule has 0 bridgehead atoms. The highest BCUT2D eigenvalue weighted by Crippen LogP contribution is 2.36. The molecule has 5 rings (SSSR count). The number of esters is 2. The van der Waals surface area contributed by atoms with Crippen LogP contribution in [0.3, 0.4) is 0 Å². The molecule has 250 valence electrons. The number of amides is 1. The Balaban J connectivity index is 1.31. The molecule has 2 heterocycles. The summed E-state index contributed by atoms with van der Waals surface area (Å²) < 4.78 is 58.6. The lowest BCUT2D eigenvalue weighted by molar-refractivity contribution is -0.193.